The summed E-state index contributed by atoms with van der Waals surface area (Å²) in [6.45, 7) is 0. The lowest BCUT2D eigenvalue weighted by molar-refractivity contribution is 0.555. The summed E-state index contributed by atoms with van der Waals surface area (Å²) in [5, 5.41) is 0. The lowest BCUT2D eigenvalue weighted by atomic mass is 10.1. The van der Waals surface area contributed by atoms with E-state index in [0.29, 0.717) is 11.1 Å². The second-order valence-corrected chi connectivity index (χ2v) is 4.30. The maximum Gasteiger partial charge on any atom is 0.417 e. The summed E-state index contributed by atoms with van der Waals surface area (Å²) in [4.78, 5) is 16.8. The zero-order valence-electron chi connectivity index (χ0n) is 8.08. The second kappa shape index (κ2) is 3.38. The zero-order valence-corrected chi connectivity index (χ0v) is 9.67. The van der Waals surface area contributed by atoms with Crippen molar-refractivity contribution in [3.63, 3.8) is 0 Å². The Balaban J connectivity index is 2.21. The summed E-state index contributed by atoms with van der Waals surface area (Å²) in [5.41, 5.74) is 3.21. The molecule has 1 aromatic carbocycles. The first-order valence-corrected chi connectivity index (χ1v) is 5.49. The summed E-state index contributed by atoms with van der Waals surface area (Å²) >= 11 is 3.35. The maximum absolute atomic E-state index is 11.0. The van der Waals surface area contributed by atoms with Gasteiger partial charge in [-0.1, -0.05) is 6.07 Å². The van der Waals surface area contributed by atoms with Crippen LogP contribution in [0.4, 0.5) is 0 Å². The molecule has 0 aliphatic carbocycles. The van der Waals surface area contributed by atoms with E-state index in [0.717, 1.165) is 15.9 Å². The molecule has 0 bridgehead atoms. The van der Waals surface area contributed by atoms with Crippen molar-refractivity contribution in [3.05, 3.63) is 45.5 Å². The molecule has 0 saturated heterocycles. The molecule has 3 rings (SSSR count). The van der Waals surface area contributed by atoms with Crippen LogP contribution < -0.4 is 5.76 Å². The number of hydrogen-bond donors (Lipinski definition) is 2. The first-order chi connectivity index (χ1) is 7.72. The van der Waals surface area contributed by atoms with Crippen LogP contribution in [0.3, 0.4) is 0 Å². The van der Waals surface area contributed by atoms with Gasteiger partial charge in [0.25, 0.3) is 0 Å². The van der Waals surface area contributed by atoms with E-state index in [2.05, 4.69) is 25.9 Å². The van der Waals surface area contributed by atoms with Crippen LogP contribution in [-0.2, 0) is 0 Å². The van der Waals surface area contributed by atoms with Crippen molar-refractivity contribution in [1.82, 2.24) is 9.97 Å². The number of aromatic nitrogens is 2. The van der Waals surface area contributed by atoms with E-state index in [1.165, 1.54) is 0 Å². The molecule has 3 aromatic rings. The van der Waals surface area contributed by atoms with E-state index in [9.17, 15) is 4.79 Å². The molecule has 16 heavy (non-hydrogen) atoms. The molecule has 0 amide bonds. The van der Waals surface area contributed by atoms with Gasteiger partial charge in [0.05, 0.1) is 10.1 Å². The predicted octanol–water partition coefficient (Wildman–Crippen LogP) is 2.88. The Bertz CT molecular complexity index is 708. The Morgan fingerprint density at radius 2 is 2.00 bits per heavy atom. The van der Waals surface area contributed by atoms with Crippen molar-refractivity contribution in [2.75, 3.05) is 0 Å². The van der Waals surface area contributed by atoms with Crippen LogP contribution in [0.25, 0.3) is 22.4 Å². The normalized spacial score (nSPS) is 11.1. The molecule has 4 nitrogen and oxygen atoms in total. The van der Waals surface area contributed by atoms with Gasteiger partial charge in [-0.3, -0.25) is 4.98 Å². The van der Waals surface area contributed by atoms with Gasteiger partial charge in [0.1, 0.15) is 0 Å². The number of rotatable bonds is 1. The summed E-state index contributed by atoms with van der Waals surface area (Å²) in [6, 6.07) is 9.45. The number of H-pyrrole nitrogens is 2. The SMILES string of the molecule is O=c1[nH]c2ccc(-c3ccc(Br)[nH]3)cc2o1. The largest absolute Gasteiger partial charge is 0.417 e. The number of benzene rings is 1. The lowest BCUT2D eigenvalue weighted by Crippen LogP contribution is -1.92. The van der Waals surface area contributed by atoms with E-state index in [4.69, 9.17) is 4.42 Å². The molecule has 0 atom stereocenters. The number of aromatic amines is 2. The number of halogens is 1. The zero-order chi connectivity index (χ0) is 11.1. The first kappa shape index (κ1) is 9.47. The minimum absolute atomic E-state index is 0.431. The molecule has 0 aliphatic heterocycles. The molecule has 2 heterocycles. The topological polar surface area (TPSA) is 61.8 Å². The predicted molar refractivity (Wildman–Crippen MR) is 64.3 cm³/mol. The van der Waals surface area contributed by atoms with Gasteiger partial charge >= 0.3 is 5.76 Å². The molecule has 0 aliphatic rings. The molecular formula is C11H7BrN2O2. The highest BCUT2D eigenvalue weighted by Crippen LogP contribution is 2.23. The van der Waals surface area contributed by atoms with E-state index in [-0.39, 0.29) is 0 Å². The van der Waals surface area contributed by atoms with Crippen molar-refractivity contribution in [2.24, 2.45) is 0 Å². The summed E-state index contributed by atoms with van der Waals surface area (Å²) in [7, 11) is 0. The lowest BCUT2D eigenvalue weighted by Gasteiger charge is -1.96. The number of oxazole rings is 1. The van der Waals surface area contributed by atoms with E-state index in [1.54, 1.807) is 0 Å². The van der Waals surface area contributed by atoms with E-state index in [1.807, 2.05) is 30.3 Å². The molecule has 0 radical (unpaired) electrons. The first-order valence-electron chi connectivity index (χ1n) is 4.70. The van der Waals surface area contributed by atoms with Crippen LogP contribution in [0, 0.1) is 0 Å². The van der Waals surface area contributed by atoms with Crippen LogP contribution in [0.2, 0.25) is 0 Å². The number of nitrogens with one attached hydrogen (secondary N) is 2. The van der Waals surface area contributed by atoms with Crippen molar-refractivity contribution >= 4 is 27.0 Å². The van der Waals surface area contributed by atoms with Crippen LogP contribution in [0.5, 0.6) is 0 Å². The Hall–Kier alpha value is -1.75. The molecule has 5 heteroatoms. The highest BCUT2D eigenvalue weighted by Gasteiger charge is 2.05. The average molecular weight is 279 g/mol. The third-order valence-corrected chi connectivity index (χ3v) is 2.84. The number of hydrogen-bond acceptors (Lipinski definition) is 2. The van der Waals surface area contributed by atoms with Gasteiger partial charge in [-0.05, 0) is 40.2 Å². The summed E-state index contributed by atoms with van der Waals surface area (Å²) in [5.74, 6) is -0.431. The van der Waals surface area contributed by atoms with Gasteiger partial charge in [-0.15, -0.1) is 0 Å². The van der Waals surface area contributed by atoms with Crippen molar-refractivity contribution in [1.29, 1.82) is 0 Å². The molecular weight excluding hydrogens is 272 g/mol. The average Bonchev–Trinajstić information content (AvgIpc) is 2.81. The molecule has 0 spiro atoms. The van der Waals surface area contributed by atoms with Crippen LogP contribution in [0.15, 0.2) is 44.1 Å². The van der Waals surface area contributed by atoms with Gasteiger partial charge < -0.3 is 9.40 Å². The van der Waals surface area contributed by atoms with Gasteiger partial charge in [-0.2, -0.15) is 0 Å². The molecule has 2 N–H and O–H groups in total. The van der Waals surface area contributed by atoms with Crippen molar-refractivity contribution < 1.29 is 4.42 Å². The summed E-state index contributed by atoms with van der Waals surface area (Å²) in [6.07, 6.45) is 0. The minimum atomic E-state index is -0.431. The van der Waals surface area contributed by atoms with Gasteiger partial charge in [-0.25, -0.2) is 4.79 Å². The van der Waals surface area contributed by atoms with Crippen molar-refractivity contribution in [3.8, 4) is 11.3 Å². The van der Waals surface area contributed by atoms with Crippen molar-refractivity contribution in [2.45, 2.75) is 0 Å². The van der Waals surface area contributed by atoms with Gasteiger partial charge in [0, 0.05) is 11.3 Å². The standard InChI is InChI=1S/C11H7BrN2O2/c12-10-4-3-7(13-10)6-1-2-8-9(5-6)16-11(15)14-8/h1-5,13H,(H,14,15). The fourth-order valence-electron chi connectivity index (χ4n) is 1.65. The highest BCUT2D eigenvalue weighted by atomic mass is 79.9. The van der Waals surface area contributed by atoms with Crippen LogP contribution in [-0.4, -0.2) is 9.97 Å². The fraction of sp³-hybridized carbons (Fsp3) is 0. The minimum Gasteiger partial charge on any atom is -0.408 e. The quantitative estimate of drug-likeness (QED) is 0.719. The molecule has 0 fully saturated rings. The third kappa shape index (κ3) is 1.49. The van der Waals surface area contributed by atoms with E-state index < -0.39 is 5.76 Å². The van der Waals surface area contributed by atoms with Gasteiger partial charge in [0.2, 0.25) is 0 Å². The van der Waals surface area contributed by atoms with Crippen LogP contribution in [0.1, 0.15) is 0 Å². The van der Waals surface area contributed by atoms with Crippen LogP contribution >= 0.6 is 15.9 Å². The third-order valence-electron chi connectivity index (χ3n) is 2.38. The summed E-state index contributed by atoms with van der Waals surface area (Å²) < 4.78 is 5.92. The highest BCUT2D eigenvalue weighted by molar-refractivity contribution is 9.10. The molecule has 80 valence electrons. The molecule has 0 saturated carbocycles. The monoisotopic (exact) mass is 278 g/mol. The Labute approximate surface area is 98.4 Å². The Morgan fingerprint density at radius 3 is 2.75 bits per heavy atom. The maximum atomic E-state index is 11.0. The fourth-order valence-corrected chi connectivity index (χ4v) is 2.00. The molecule has 2 aromatic heterocycles. The van der Waals surface area contributed by atoms with E-state index >= 15 is 0 Å². The smallest absolute Gasteiger partial charge is 0.408 e. The Kier molecular flexibility index (Phi) is 2.00. The number of fused-ring (bicyclic) bond motifs is 1. The van der Waals surface area contributed by atoms with Gasteiger partial charge in [0.15, 0.2) is 5.58 Å². The second-order valence-electron chi connectivity index (χ2n) is 3.45. The molecule has 0 unspecified atom stereocenters. The Morgan fingerprint density at radius 1 is 1.12 bits per heavy atom.